The highest BCUT2D eigenvalue weighted by molar-refractivity contribution is 7.99. The van der Waals surface area contributed by atoms with Gasteiger partial charge in [0.15, 0.2) is 0 Å². The van der Waals surface area contributed by atoms with Crippen molar-refractivity contribution in [3.05, 3.63) is 0 Å². The zero-order valence-electron chi connectivity index (χ0n) is 10.4. The number of amides is 1. The molecule has 1 unspecified atom stereocenters. The summed E-state index contributed by atoms with van der Waals surface area (Å²) >= 11 is 1.50. The van der Waals surface area contributed by atoms with E-state index in [9.17, 15) is 9.59 Å². The number of thioether (sulfide) groups is 1. The number of rotatable bonds is 9. The molecule has 0 aliphatic carbocycles. The summed E-state index contributed by atoms with van der Waals surface area (Å²) in [5.74, 6) is 1.08. The fraction of sp³-hybridized carbons (Fsp3) is 0.818. The molecule has 5 nitrogen and oxygen atoms in total. The van der Waals surface area contributed by atoms with Crippen LogP contribution in [0.1, 0.15) is 19.8 Å². The summed E-state index contributed by atoms with van der Waals surface area (Å²) < 4.78 is 4.48. The Morgan fingerprint density at radius 1 is 1.47 bits per heavy atom. The van der Waals surface area contributed by atoms with Crippen LogP contribution < -0.4 is 5.32 Å². The third kappa shape index (κ3) is 10.1. The molecule has 0 aliphatic heterocycles. The van der Waals surface area contributed by atoms with Gasteiger partial charge in [-0.2, -0.15) is 11.8 Å². The highest BCUT2D eigenvalue weighted by Gasteiger charge is 2.05. The van der Waals surface area contributed by atoms with Crippen LogP contribution in [0.2, 0.25) is 0 Å². The second-order valence-corrected chi connectivity index (χ2v) is 4.86. The van der Waals surface area contributed by atoms with Gasteiger partial charge < -0.3 is 15.2 Å². The molecule has 0 aliphatic rings. The molecule has 6 heteroatoms. The topological polar surface area (TPSA) is 75.6 Å². The van der Waals surface area contributed by atoms with E-state index >= 15 is 0 Å². The number of hydrogen-bond acceptors (Lipinski definition) is 5. The fourth-order valence-electron chi connectivity index (χ4n) is 1.02. The molecule has 1 amide bonds. The Balaban J connectivity index is 3.38. The zero-order chi connectivity index (χ0) is 13.1. The highest BCUT2D eigenvalue weighted by Crippen LogP contribution is 2.06. The van der Waals surface area contributed by atoms with Crippen molar-refractivity contribution in [2.24, 2.45) is 5.92 Å². The van der Waals surface area contributed by atoms with Crippen LogP contribution in [0, 0.1) is 5.92 Å². The van der Waals surface area contributed by atoms with Crippen molar-refractivity contribution in [1.29, 1.82) is 0 Å². The Morgan fingerprint density at radius 2 is 2.18 bits per heavy atom. The van der Waals surface area contributed by atoms with Crippen molar-refractivity contribution in [3.8, 4) is 0 Å². The Labute approximate surface area is 106 Å². The Morgan fingerprint density at radius 3 is 2.76 bits per heavy atom. The standard InChI is InChI=1S/C11H21NO4S/c1-9(6-13)7-17-8-10(14)12-5-3-4-11(15)16-2/h9,13H,3-8H2,1-2H3,(H,12,14). The SMILES string of the molecule is COC(=O)CCCNC(=O)CSCC(C)CO. The number of aliphatic hydroxyl groups is 1. The van der Waals surface area contributed by atoms with Crippen LogP contribution in [0.3, 0.4) is 0 Å². The van der Waals surface area contributed by atoms with Crippen LogP contribution in [-0.4, -0.2) is 48.8 Å². The number of nitrogens with one attached hydrogen (secondary N) is 1. The maximum absolute atomic E-state index is 11.3. The normalized spacial score (nSPS) is 11.9. The lowest BCUT2D eigenvalue weighted by Crippen LogP contribution is -2.27. The minimum Gasteiger partial charge on any atom is -0.469 e. The maximum Gasteiger partial charge on any atom is 0.305 e. The van der Waals surface area contributed by atoms with E-state index in [1.807, 2.05) is 6.92 Å². The molecule has 17 heavy (non-hydrogen) atoms. The van der Waals surface area contributed by atoms with Gasteiger partial charge in [-0.05, 0) is 18.1 Å². The first-order valence-electron chi connectivity index (χ1n) is 5.62. The Kier molecular flexibility index (Phi) is 9.95. The molecule has 0 saturated heterocycles. The molecule has 0 fully saturated rings. The van der Waals surface area contributed by atoms with Crippen LogP contribution in [0.5, 0.6) is 0 Å². The number of carbonyl (C=O) groups excluding carboxylic acids is 2. The summed E-state index contributed by atoms with van der Waals surface area (Å²) in [6.45, 7) is 2.57. The van der Waals surface area contributed by atoms with Crippen molar-refractivity contribution < 1.29 is 19.4 Å². The van der Waals surface area contributed by atoms with E-state index in [4.69, 9.17) is 5.11 Å². The largest absolute Gasteiger partial charge is 0.469 e. The van der Waals surface area contributed by atoms with Crippen LogP contribution >= 0.6 is 11.8 Å². The van der Waals surface area contributed by atoms with E-state index in [1.165, 1.54) is 18.9 Å². The third-order valence-electron chi connectivity index (χ3n) is 2.05. The summed E-state index contributed by atoms with van der Waals surface area (Å²) in [7, 11) is 1.35. The average Bonchev–Trinajstić information content (AvgIpc) is 2.33. The van der Waals surface area contributed by atoms with Gasteiger partial charge in [0.05, 0.1) is 12.9 Å². The molecule has 100 valence electrons. The second-order valence-electron chi connectivity index (χ2n) is 3.83. The molecule has 2 N–H and O–H groups in total. The van der Waals surface area contributed by atoms with Crippen molar-refractivity contribution >= 4 is 23.6 Å². The number of hydrogen-bond donors (Lipinski definition) is 2. The third-order valence-corrected chi connectivity index (χ3v) is 3.33. The van der Waals surface area contributed by atoms with E-state index in [0.29, 0.717) is 25.1 Å². The van der Waals surface area contributed by atoms with Crippen molar-refractivity contribution in [2.45, 2.75) is 19.8 Å². The molecule has 0 spiro atoms. The number of carbonyl (C=O) groups is 2. The number of aliphatic hydroxyl groups excluding tert-OH is 1. The maximum atomic E-state index is 11.3. The first kappa shape index (κ1) is 16.2. The molecule has 0 aromatic rings. The summed E-state index contributed by atoms with van der Waals surface area (Å²) in [6.07, 6.45) is 0.918. The average molecular weight is 263 g/mol. The fourth-order valence-corrected chi connectivity index (χ4v) is 1.93. The van der Waals surface area contributed by atoms with Gasteiger partial charge >= 0.3 is 5.97 Å². The number of methoxy groups -OCH3 is 1. The Hall–Kier alpha value is -0.750. The molecular formula is C11H21NO4S. The van der Waals surface area contributed by atoms with Gasteiger partial charge in [-0.15, -0.1) is 0 Å². The molecular weight excluding hydrogens is 242 g/mol. The quantitative estimate of drug-likeness (QED) is 0.466. The van der Waals surface area contributed by atoms with E-state index < -0.39 is 0 Å². The monoisotopic (exact) mass is 263 g/mol. The number of esters is 1. The predicted molar refractivity (Wildman–Crippen MR) is 67.8 cm³/mol. The van der Waals surface area contributed by atoms with Gasteiger partial charge in [0, 0.05) is 19.6 Å². The lowest BCUT2D eigenvalue weighted by atomic mass is 10.2. The predicted octanol–water partition coefficient (Wildman–Crippen LogP) is 0.417. The van der Waals surface area contributed by atoms with Crippen molar-refractivity contribution in [3.63, 3.8) is 0 Å². The molecule has 0 aromatic heterocycles. The van der Waals surface area contributed by atoms with Crippen molar-refractivity contribution in [2.75, 3.05) is 31.8 Å². The van der Waals surface area contributed by atoms with E-state index in [1.54, 1.807) is 0 Å². The van der Waals surface area contributed by atoms with Gasteiger partial charge in [0.25, 0.3) is 0 Å². The van der Waals surface area contributed by atoms with Crippen LogP contribution in [0.25, 0.3) is 0 Å². The first-order chi connectivity index (χ1) is 8.10. The number of ether oxygens (including phenoxy) is 1. The van der Waals surface area contributed by atoms with Crippen LogP contribution in [0.15, 0.2) is 0 Å². The van der Waals surface area contributed by atoms with E-state index in [2.05, 4.69) is 10.1 Å². The molecule has 0 aromatic carbocycles. The van der Waals surface area contributed by atoms with Gasteiger partial charge in [-0.1, -0.05) is 6.92 Å². The lowest BCUT2D eigenvalue weighted by molar-refractivity contribution is -0.140. The smallest absolute Gasteiger partial charge is 0.305 e. The molecule has 0 saturated carbocycles. The first-order valence-corrected chi connectivity index (χ1v) is 6.77. The zero-order valence-corrected chi connectivity index (χ0v) is 11.2. The van der Waals surface area contributed by atoms with Crippen molar-refractivity contribution in [1.82, 2.24) is 5.32 Å². The van der Waals surface area contributed by atoms with Crippen LogP contribution in [0.4, 0.5) is 0 Å². The van der Waals surface area contributed by atoms with E-state index in [0.717, 1.165) is 5.75 Å². The highest BCUT2D eigenvalue weighted by atomic mass is 32.2. The summed E-state index contributed by atoms with van der Waals surface area (Å²) in [4.78, 5) is 22.1. The molecule has 1 atom stereocenters. The molecule has 0 radical (unpaired) electrons. The van der Waals surface area contributed by atoms with Gasteiger partial charge in [0.1, 0.15) is 0 Å². The van der Waals surface area contributed by atoms with Crippen LogP contribution in [-0.2, 0) is 14.3 Å². The Bertz CT molecular complexity index is 236. The molecule has 0 heterocycles. The summed E-state index contributed by atoms with van der Waals surface area (Å²) in [6, 6.07) is 0. The van der Waals surface area contributed by atoms with Gasteiger partial charge in [0.2, 0.25) is 5.91 Å². The lowest BCUT2D eigenvalue weighted by Gasteiger charge is -2.07. The molecule has 0 bridgehead atoms. The second kappa shape index (κ2) is 10.4. The van der Waals surface area contributed by atoms with Gasteiger partial charge in [-0.3, -0.25) is 9.59 Å². The summed E-state index contributed by atoms with van der Waals surface area (Å²) in [5.41, 5.74) is 0. The minimum absolute atomic E-state index is 0.0370. The van der Waals surface area contributed by atoms with Gasteiger partial charge in [-0.25, -0.2) is 0 Å². The van der Waals surface area contributed by atoms with E-state index in [-0.39, 0.29) is 24.4 Å². The minimum atomic E-state index is -0.259. The molecule has 0 rings (SSSR count). The summed E-state index contributed by atoms with van der Waals surface area (Å²) in [5, 5.41) is 11.5.